The van der Waals surface area contributed by atoms with E-state index in [9.17, 15) is 4.79 Å². The number of carbonyl (C=O) groups excluding carboxylic acids is 1. The molecule has 4 N–H and O–H groups in total. The molecular formula is C11H24N2O4. The van der Waals surface area contributed by atoms with Gasteiger partial charge in [-0.15, -0.1) is 0 Å². The Labute approximate surface area is 102 Å². The normalized spacial score (nSPS) is 11.5. The fourth-order valence-electron chi connectivity index (χ4n) is 1.13. The highest BCUT2D eigenvalue weighted by Crippen LogP contribution is 2.11. The number of hydrogen-bond donors (Lipinski definition) is 4. The van der Waals surface area contributed by atoms with E-state index < -0.39 is 5.41 Å². The van der Waals surface area contributed by atoms with E-state index >= 15 is 0 Å². The molecule has 17 heavy (non-hydrogen) atoms. The molecule has 0 saturated carbocycles. The average molecular weight is 248 g/mol. The molecule has 0 bridgehead atoms. The Morgan fingerprint density at radius 2 is 1.94 bits per heavy atom. The van der Waals surface area contributed by atoms with Gasteiger partial charge in [-0.3, -0.25) is 4.79 Å². The lowest BCUT2D eigenvalue weighted by atomic mass is 9.93. The summed E-state index contributed by atoms with van der Waals surface area (Å²) in [5, 5.41) is 23.8. The van der Waals surface area contributed by atoms with Gasteiger partial charge in [-0.2, -0.15) is 0 Å². The lowest BCUT2D eigenvalue weighted by molar-refractivity contribution is -0.121. The molecule has 0 aliphatic rings. The monoisotopic (exact) mass is 248 g/mol. The van der Waals surface area contributed by atoms with Crippen LogP contribution < -0.4 is 10.6 Å². The molecule has 6 nitrogen and oxygen atoms in total. The highest BCUT2D eigenvalue weighted by atomic mass is 16.5. The largest absolute Gasteiger partial charge is 0.396 e. The number of methoxy groups -OCH3 is 1. The molecule has 0 aliphatic heterocycles. The van der Waals surface area contributed by atoms with Crippen molar-refractivity contribution in [3.63, 3.8) is 0 Å². The number of amides is 1. The maximum atomic E-state index is 11.3. The number of ether oxygens (including phenoxy) is 1. The molecule has 0 radical (unpaired) electrons. The van der Waals surface area contributed by atoms with Crippen molar-refractivity contribution in [1.29, 1.82) is 0 Å². The van der Waals surface area contributed by atoms with E-state index in [1.165, 1.54) is 0 Å². The van der Waals surface area contributed by atoms with Crippen LogP contribution >= 0.6 is 0 Å². The third-order valence-electron chi connectivity index (χ3n) is 2.47. The third kappa shape index (κ3) is 8.09. The van der Waals surface area contributed by atoms with Crippen LogP contribution in [0.4, 0.5) is 0 Å². The van der Waals surface area contributed by atoms with E-state index in [-0.39, 0.29) is 19.1 Å². The molecule has 1 amide bonds. The van der Waals surface area contributed by atoms with Crippen LogP contribution in [0, 0.1) is 5.41 Å². The van der Waals surface area contributed by atoms with E-state index in [4.69, 9.17) is 14.9 Å². The minimum atomic E-state index is -0.535. The summed E-state index contributed by atoms with van der Waals surface area (Å²) >= 11 is 0. The summed E-state index contributed by atoms with van der Waals surface area (Å²) in [5.41, 5.74) is -0.535. The van der Waals surface area contributed by atoms with E-state index in [0.717, 1.165) is 0 Å². The molecular weight excluding hydrogens is 224 g/mol. The summed E-state index contributed by atoms with van der Waals surface area (Å²) in [6.07, 6.45) is 0.372. The molecule has 0 aromatic heterocycles. The van der Waals surface area contributed by atoms with Gasteiger partial charge >= 0.3 is 0 Å². The number of aliphatic hydroxyl groups excluding tert-OH is 2. The van der Waals surface area contributed by atoms with Gasteiger partial charge < -0.3 is 25.6 Å². The Balaban J connectivity index is 3.53. The van der Waals surface area contributed by atoms with E-state index in [0.29, 0.717) is 32.7 Å². The number of nitrogens with one attached hydrogen (secondary N) is 2. The maximum absolute atomic E-state index is 11.3. The lowest BCUT2D eigenvalue weighted by Gasteiger charge is -2.24. The van der Waals surface area contributed by atoms with Gasteiger partial charge in [0.15, 0.2) is 0 Å². The maximum Gasteiger partial charge on any atom is 0.221 e. The number of aliphatic hydroxyl groups is 2. The van der Waals surface area contributed by atoms with Gasteiger partial charge in [-0.1, -0.05) is 6.92 Å². The van der Waals surface area contributed by atoms with Gasteiger partial charge in [0.2, 0.25) is 5.91 Å². The van der Waals surface area contributed by atoms with Gasteiger partial charge in [0, 0.05) is 38.6 Å². The molecule has 0 saturated heterocycles. The zero-order valence-corrected chi connectivity index (χ0v) is 10.7. The van der Waals surface area contributed by atoms with Crippen LogP contribution in [0.1, 0.15) is 13.3 Å². The van der Waals surface area contributed by atoms with Crippen LogP contribution in [0.5, 0.6) is 0 Å². The molecule has 0 rings (SSSR count). The summed E-state index contributed by atoms with van der Waals surface area (Å²) < 4.78 is 4.81. The molecule has 0 atom stereocenters. The quantitative estimate of drug-likeness (QED) is 0.362. The molecule has 6 heteroatoms. The van der Waals surface area contributed by atoms with Gasteiger partial charge in [-0.05, 0) is 0 Å². The molecule has 0 aliphatic carbocycles. The lowest BCUT2D eigenvalue weighted by Crippen LogP contribution is -2.39. The van der Waals surface area contributed by atoms with Gasteiger partial charge in [0.1, 0.15) is 0 Å². The first-order chi connectivity index (χ1) is 8.08. The molecule has 0 fully saturated rings. The van der Waals surface area contributed by atoms with Gasteiger partial charge in [-0.25, -0.2) is 0 Å². The van der Waals surface area contributed by atoms with Crippen molar-refractivity contribution < 1.29 is 19.7 Å². The first-order valence-corrected chi connectivity index (χ1v) is 5.76. The summed E-state index contributed by atoms with van der Waals surface area (Å²) in [7, 11) is 1.58. The Morgan fingerprint density at radius 1 is 1.29 bits per heavy atom. The molecule has 0 unspecified atom stereocenters. The SMILES string of the molecule is COCCNC(=O)CCNCC(C)(CO)CO. The van der Waals surface area contributed by atoms with Crippen molar-refractivity contribution in [2.24, 2.45) is 5.41 Å². The topological polar surface area (TPSA) is 90.8 Å². The molecule has 102 valence electrons. The number of hydrogen-bond acceptors (Lipinski definition) is 5. The minimum absolute atomic E-state index is 0.0377. The highest BCUT2D eigenvalue weighted by molar-refractivity contribution is 5.75. The van der Waals surface area contributed by atoms with Crippen LogP contribution in [0.3, 0.4) is 0 Å². The van der Waals surface area contributed by atoms with Crippen LogP contribution in [-0.4, -0.2) is 62.7 Å². The van der Waals surface area contributed by atoms with E-state index in [1.54, 1.807) is 14.0 Å². The molecule has 0 heterocycles. The molecule has 0 aromatic carbocycles. The van der Waals surface area contributed by atoms with Crippen molar-refractivity contribution in [1.82, 2.24) is 10.6 Å². The third-order valence-corrected chi connectivity index (χ3v) is 2.47. The molecule has 0 spiro atoms. The van der Waals surface area contributed by atoms with Crippen molar-refractivity contribution in [2.75, 3.05) is 46.6 Å². The summed E-state index contributed by atoms with van der Waals surface area (Å²) in [5.74, 6) is -0.0377. The van der Waals surface area contributed by atoms with Crippen molar-refractivity contribution in [3.8, 4) is 0 Å². The fourth-order valence-corrected chi connectivity index (χ4v) is 1.13. The van der Waals surface area contributed by atoms with E-state index in [1.807, 2.05) is 0 Å². The van der Waals surface area contributed by atoms with Gasteiger partial charge in [0.05, 0.1) is 19.8 Å². The predicted molar refractivity (Wildman–Crippen MR) is 64.7 cm³/mol. The number of rotatable bonds is 10. The first-order valence-electron chi connectivity index (χ1n) is 5.76. The predicted octanol–water partition coefficient (Wildman–Crippen LogP) is -1.28. The number of carbonyl (C=O) groups is 1. The van der Waals surface area contributed by atoms with Crippen molar-refractivity contribution in [3.05, 3.63) is 0 Å². The van der Waals surface area contributed by atoms with E-state index in [2.05, 4.69) is 10.6 Å². The van der Waals surface area contributed by atoms with Crippen molar-refractivity contribution >= 4 is 5.91 Å². The van der Waals surface area contributed by atoms with Crippen LogP contribution in [0.25, 0.3) is 0 Å². The smallest absolute Gasteiger partial charge is 0.221 e. The first kappa shape index (κ1) is 16.3. The fraction of sp³-hybridized carbons (Fsp3) is 0.909. The van der Waals surface area contributed by atoms with Crippen LogP contribution in [0.15, 0.2) is 0 Å². The molecule has 0 aromatic rings. The Hall–Kier alpha value is -0.690. The second-order valence-electron chi connectivity index (χ2n) is 4.40. The van der Waals surface area contributed by atoms with Crippen LogP contribution in [0.2, 0.25) is 0 Å². The second-order valence-corrected chi connectivity index (χ2v) is 4.40. The zero-order chi connectivity index (χ0) is 13.1. The summed E-state index contributed by atoms with van der Waals surface area (Å²) in [6, 6.07) is 0. The Kier molecular flexibility index (Phi) is 8.97. The summed E-state index contributed by atoms with van der Waals surface area (Å²) in [4.78, 5) is 11.3. The van der Waals surface area contributed by atoms with Gasteiger partial charge in [0.25, 0.3) is 0 Å². The van der Waals surface area contributed by atoms with Crippen LogP contribution in [-0.2, 0) is 9.53 Å². The Bertz CT molecular complexity index is 208. The minimum Gasteiger partial charge on any atom is -0.396 e. The zero-order valence-electron chi connectivity index (χ0n) is 10.7. The highest BCUT2D eigenvalue weighted by Gasteiger charge is 2.21. The summed E-state index contributed by atoms with van der Waals surface area (Å²) in [6.45, 7) is 3.62. The second kappa shape index (κ2) is 9.35. The average Bonchev–Trinajstić information content (AvgIpc) is 2.35. The van der Waals surface area contributed by atoms with Crippen molar-refractivity contribution in [2.45, 2.75) is 13.3 Å². The standard InChI is InChI=1S/C11H24N2O4/c1-11(8-14,9-15)7-12-4-3-10(16)13-5-6-17-2/h12,14-15H,3-9H2,1-2H3,(H,13,16). The Morgan fingerprint density at radius 3 is 2.47 bits per heavy atom.